The predicted octanol–water partition coefficient (Wildman–Crippen LogP) is 0.836. The molecule has 0 aliphatic heterocycles. The molecule has 3 N–H and O–H groups in total. The van der Waals surface area contributed by atoms with Crippen molar-refractivity contribution in [2.75, 3.05) is 6.61 Å². The lowest BCUT2D eigenvalue weighted by molar-refractivity contribution is 0.268. The highest BCUT2D eigenvalue weighted by atomic mass is 79.9. The van der Waals surface area contributed by atoms with Gasteiger partial charge in [-0.25, -0.2) is 4.98 Å². The van der Waals surface area contributed by atoms with E-state index >= 15 is 0 Å². The van der Waals surface area contributed by atoms with Crippen LogP contribution in [0, 0.1) is 0 Å². The van der Waals surface area contributed by atoms with E-state index in [1.54, 1.807) is 18.3 Å². The van der Waals surface area contributed by atoms with Crippen molar-refractivity contribution >= 4 is 15.9 Å². The van der Waals surface area contributed by atoms with Gasteiger partial charge in [0.2, 0.25) is 0 Å². The molecule has 0 spiro atoms. The number of nitrogens with two attached hydrogens (primary N) is 1. The largest absolute Gasteiger partial charge is 0.394 e. The summed E-state index contributed by atoms with van der Waals surface area (Å²) in [6.45, 7) is -0.0452. The zero-order valence-electron chi connectivity index (χ0n) is 5.87. The van der Waals surface area contributed by atoms with Gasteiger partial charge in [-0.2, -0.15) is 0 Å². The molecule has 3 nitrogen and oxygen atoms in total. The fraction of sp³-hybridized carbons (Fsp3) is 0.286. The number of nitrogens with zero attached hydrogens (tertiary/aromatic N) is 1. The summed E-state index contributed by atoms with van der Waals surface area (Å²) in [4.78, 5) is 3.94. The van der Waals surface area contributed by atoms with Crippen molar-refractivity contribution in [3.8, 4) is 0 Å². The van der Waals surface area contributed by atoms with Crippen LogP contribution in [0.3, 0.4) is 0 Å². The number of aliphatic hydroxyl groups excluding tert-OH is 1. The molecule has 0 saturated heterocycles. The van der Waals surface area contributed by atoms with Gasteiger partial charge in [0.25, 0.3) is 0 Å². The van der Waals surface area contributed by atoms with E-state index in [0.29, 0.717) is 0 Å². The molecule has 0 aromatic carbocycles. The van der Waals surface area contributed by atoms with Crippen LogP contribution in [0.25, 0.3) is 0 Å². The number of pyridine rings is 1. The quantitative estimate of drug-likeness (QED) is 0.721. The Morgan fingerprint density at radius 3 is 3.00 bits per heavy atom. The van der Waals surface area contributed by atoms with Crippen molar-refractivity contribution in [2.24, 2.45) is 5.73 Å². The second kappa shape index (κ2) is 3.80. The Hall–Kier alpha value is -0.450. The summed E-state index contributed by atoms with van der Waals surface area (Å²) in [6.07, 6.45) is 1.65. The van der Waals surface area contributed by atoms with Crippen LogP contribution in [-0.2, 0) is 0 Å². The van der Waals surface area contributed by atoms with E-state index in [4.69, 9.17) is 10.8 Å². The molecule has 1 heterocycles. The SMILES string of the molecule is N[C@H](CO)c1ccnc(Br)c1. The highest BCUT2D eigenvalue weighted by molar-refractivity contribution is 9.10. The number of halogens is 1. The predicted molar refractivity (Wildman–Crippen MR) is 46.0 cm³/mol. The van der Waals surface area contributed by atoms with Crippen molar-refractivity contribution in [1.29, 1.82) is 0 Å². The van der Waals surface area contributed by atoms with Crippen LogP contribution in [-0.4, -0.2) is 16.7 Å². The number of hydrogen-bond donors (Lipinski definition) is 2. The summed E-state index contributed by atoms with van der Waals surface area (Å²) in [5.41, 5.74) is 6.45. The first kappa shape index (κ1) is 8.64. The van der Waals surface area contributed by atoms with Crippen molar-refractivity contribution in [1.82, 2.24) is 4.98 Å². The van der Waals surface area contributed by atoms with Crippen LogP contribution < -0.4 is 5.73 Å². The van der Waals surface area contributed by atoms with E-state index in [1.807, 2.05) is 0 Å². The molecule has 4 heteroatoms. The number of aromatic nitrogens is 1. The Labute approximate surface area is 73.4 Å². The topological polar surface area (TPSA) is 59.1 Å². The fourth-order valence-corrected chi connectivity index (χ4v) is 1.14. The average Bonchev–Trinajstić information content (AvgIpc) is 2.03. The molecule has 0 fully saturated rings. The maximum atomic E-state index is 8.72. The first-order chi connectivity index (χ1) is 5.24. The van der Waals surface area contributed by atoms with Gasteiger partial charge in [-0.05, 0) is 33.6 Å². The molecule has 0 unspecified atom stereocenters. The van der Waals surface area contributed by atoms with Crippen LogP contribution in [0.1, 0.15) is 11.6 Å². The third kappa shape index (κ3) is 2.25. The zero-order valence-corrected chi connectivity index (χ0v) is 7.45. The van der Waals surface area contributed by atoms with Gasteiger partial charge in [0.1, 0.15) is 4.60 Å². The number of rotatable bonds is 2. The minimum Gasteiger partial charge on any atom is -0.394 e. The molecule has 11 heavy (non-hydrogen) atoms. The molecule has 0 aliphatic rings. The highest BCUT2D eigenvalue weighted by Gasteiger charge is 2.03. The van der Waals surface area contributed by atoms with Crippen molar-refractivity contribution in [2.45, 2.75) is 6.04 Å². The van der Waals surface area contributed by atoms with Gasteiger partial charge in [0.15, 0.2) is 0 Å². The number of aliphatic hydroxyl groups is 1. The minimum absolute atomic E-state index is 0.0452. The lowest BCUT2D eigenvalue weighted by Crippen LogP contribution is -2.14. The van der Waals surface area contributed by atoms with Crippen LogP contribution >= 0.6 is 15.9 Å². The molecular weight excluding hydrogens is 208 g/mol. The molecule has 0 aliphatic carbocycles. The first-order valence-corrected chi connectivity index (χ1v) is 4.01. The van der Waals surface area contributed by atoms with E-state index < -0.39 is 0 Å². The van der Waals surface area contributed by atoms with E-state index in [2.05, 4.69) is 20.9 Å². The Bertz CT molecular complexity index is 242. The molecule has 1 aromatic rings. The molecule has 0 amide bonds. The van der Waals surface area contributed by atoms with Gasteiger partial charge in [-0.15, -0.1) is 0 Å². The molecule has 0 bridgehead atoms. The van der Waals surface area contributed by atoms with Gasteiger partial charge >= 0.3 is 0 Å². The summed E-state index contributed by atoms with van der Waals surface area (Å²) >= 11 is 3.21. The van der Waals surface area contributed by atoms with Crippen LogP contribution in [0.15, 0.2) is 22.9 Å². The molecule has 0 radical (unpaired) electrons. The monoisotopic (exact) mass is 216 g/mol. The van der Waals surface area contributed by atoms with E-state index in [-0.39, 0.29) is 12.6 Å². The summed E-state index contributed by atoms with van der Waals surface area (Å²) in [5.74, 6) is 0. The second-order valence-corrected chi connectivity index (χ2v) is 3.01. The van der Waals surface area contributed by atoms with Crippen molar-refractivity contribution in [3.63, 3.8) is 0 Å². The third-order valence-electron chi connectivity index (χ3n) is 1.38. The van der Waals surface area contributed by atoms with Crippen LogP contribution in [0.4, 0.5) is 0 Å². The Morgan fingerprint density at radius 2 is 2.45 bits per heavy atom. The summed E-state index contributed by atoms with van der Waals surface area (Å²) in [6, 6.07) is 3.27. The summed E-state index contributed by atoms with van der Waals surface area (Å²) in [7, 11) is 0. The Kier molecular flexibility index (Phi) is 2.99. The molecule has 60 valence electrons. The molecule has 1 aromatic heterocycles. The Balaban J connectivity index is 2.86. The fourth-order valence-electron chi connectivity index (χ4n) is 0.753. The van der Waals surface area contributed by atoms with Gasteiger partial charge in [0, 0.05) is 6.20 Å². The maximum absolute atomic E-state index is 8.72. The van der Waals surface area contributed by atoms with E-state index in [0.717, 1.165) is 10.2 Å². The summed E-state index contributed by atoms with van der Waals surface area (Å²) in [5, 5.41) is 8.72. The smallest absolute Gasteiger partial charge is 0.106 e. The standard InChI is InChI=1S/C7H9BrN2O/c8-7-3-5(1-2-10-7)6(9)4-11/h1-3,6,11H,4,9H2/t6-/m1/s1. The zero-order chi connectivity index (χ0) is 8.27. The lowest BCUT2D eigenvalue weighted by atomic mass is 10.1. The second-order valence-electron chi connectivity index (χ2n) is 2.20. The van der Waals surface area contributed by atoms with Gasteiger partial charge in [-0.3, -0.25) is 0 Å². The third-order valence-corrected chi connectivity index (χ3v) is 1.81. The molecule has 1 atom stereocenters. The maximum Gasteiger partial charge on any atom is 0.106 e. The van der Waals surface area contributed by atoms with Gasteiger partial charge in [-0.1, -0.05) is 0 Å². The van der Waals surface area contributed by atoms with Crippen LogP contribution in [0.5, 0.6) is 0 Å². The average molecular weight is 217 g/mol. The van der Waals surface area contributed by atoms with Crippen LogP contribution in [0.2, 0.25) is 0 Å². The summed E-state index contributed by atoms with van der Waals surface area (Å²) < 4.78 is 0.735. The van der Waals surface area contributed by atoms with Crippen molar-refractivity contribution in [3.05, 3.63) is 28.5 Å². The Morgan fingerprint density at radius 1 is 1.73 bits per heavy atom. The molecular formula is C7H9BrN2O. The van der Waals surface area contributed by atoms with Crippen molar-refractivity contribution < 1.29 is 5.11 Å². The minimum atomic E-state index is -0.311. The normalized spacial score (nSPS) is 13.0. The first-order valence-electron chi connectivity index (χ1n) is 3.22. The number of hydrogen-bond acceptors (Lipinski definition) is 3. The highest BCUT2D eigenvalue weighted by Crippen LogP contribution is 2.13. The van der Waals surface area contributed by atoms with E-state index in [1.165, 1.54) is 0 Å². The van der Waals surface area contributed by atoms with Gasteiger partial charge < -0.3 is 10.8 Å². The van der Waals surface area contributed by atoms with Gasteiger partial charge in [0.05, 0.1) is 12.6 Å². The lowest BCUT2D eigenvalue weighted by Gasteiger charge is -2.07. The van der Waals surface area contributed by atoms with E-state index in [9.17, 15) is 0 Å². The molecule has 0 saturated carbocycles. The molecule has 1 rings (SSSR count).